The van der Waals surface area contributed by atoms with E-state index in [0.29, 0.717) is 0 Å². The van der Waals surface area contributed by atoms with Crippen molar-refractivity contribution >= 4 is 10.8 Å². The maximum absolute atomic E-state index is 5.25. The lowest BCUT2D eigenvalue weighted by Gasteiger charge is -2.34. The summed E-state index contributed by atoms with van der Waals surface area (Å²) in [7, 11) is 0. The Labute approximate surface area is 321 Å². The van der Waals surface area contributed by atoms with Gasteiger partial charge in [0.25, 0.3) is 0 Å². The van der Waals surface area contributed by atoms with Crippen LogP contribution >= 0.6 is 0 Å². The zero-order valence-electron chi connectivity index (χ0n) is 30.7. The van der Waals surface area contributed by atoms with E-state index in [1.807, 2.05) is 13.1 Å². The number of hydrogen-bond donors (Lipinski definition) is 0. The molecule has 3 heteroatoms. The van der Waals surface area contributed by atoms with Gasteiger partial charge >= 0.3 is 0 Å². The number of aryl methyl sites for hydroxylation is 2. The topological polar surface area (TPSA) is 38.7 Å². The largest absolute Gasteiger partial charge is 0.261 e. The highest BCUT2D eigenvalue weighted by atomic mass is 14.9. The summed E-state index contributed by atoms with van der Waals surface area (Å²) < 4.78 is 0. The minimum absolute atomic E-state index is 0.583. The Morgan fingerprint density at radius 1 is 0.400 bits per heavy atom. The van der Waals surface area contributed by atoms with Crippen LogP contribution in [0.4, 0.5) is 0 Å². The molecular formula is C52H37N3. The predicted molar refractivity (Wildman–Crippen MR) is 226 cm³/mol. The lowest BCUT2D eigenvalue weighted by Crippen LogP contribution is -2.28. The molecule has 0 radical (unpaired) electrons. The third kappa shape index (κ3) is 5.47. The highest BCUT2D eigenvalue weighted by Gasteiger charge is 2.46. The molecule has 1 atom stereocenters. The molecule has 0 saturated heterocycles. The number of aromatic nitrogens is 3. The number of pyridine rings is 1. The predicted octanol–water partition coefficient (Wildman–Crippen LogP) is 12.7. The molecule has 0 fully saturated rings. The van der Waals surface area contributed by atoms with Crippen molar-refractivity contribution in [1.82, 2.24) is 15.0 Å². The van der Waals surface area contributed by atoms with Gasteiger partial charge in [0.15, 0.2) is 5.82 Å². The Bertz CT molecular complexity index is 2890. The van der Waals surface area contributed by atoms with Crippen molar-refractivity contribution in [3.05, 3.63) is 222 Å². The van der Waals surface area contributed by atoms with Crippen LogP contribution < -0.4 is 0 Å². The Balaban J connectivity index is 1.17. The second-order valence-corrected chi connectivity index (χ2v) is 14.5. The first-order chi connectivity index (χ1) is 27.1. The van der Waals surface area contributed by atoms with Gasteiger partial charge in [0.1, 0.15) is 0 Å². The summed E-state index contributed by atoms with van der Waals surface area (Å²) >= 11 is 0. The van der Waals surface area contributed by atoms with E-state index in [0.717, 1.165) is 45.2 Å². The maximum atomic E-state index is 5.25. The number of hydrogen-bond acceptors (Lipinski definition) is 3. The van der Waals surface area contributed by atoms with Crippen molar-refractivity contribution in [2.45, 2.75) is 19.3 Å². The number of benzene rings is 7. The zero-order valence-corrected chi connectivity index (χ0v) is 30.7. The van der Waals surface area contributed by atoms with Gasteiger partial charge < -0.3 is 0 Å². The molecule has 9 aromatic rings. The van der Waals surface area contributed by atoms with Crippen LogP contribution in [-0.4, -0.2) is 15.0 Å². The molecule has 3 nitrogen and oxygen atoms in total. The Morgan fingerprint density at radius 2 is 1.05 bits per heavy atom. The van der Waals surface area contributed by atoms with Crippen LogP contribution in [0.25, 0.3) is 66.8 Å². The van der Waals surface area contributed by atoms with E-state index in [-0.39, 0.29) is 0 Å². The molecule has 0 spiro atoms. The van der Waals surface area contributed by atoms with Crippen molar-refractivity contribution in [1.29, 1.82) is 0 Å². The van der Waals surface area contributed by atoms with Crippen LogP contribution in [0, 0.1) is 13.8 Å². The van der Waals surface area contributed by atoms with Crippen molar-refractivity contribution in [3.63, 3.8) is 0 Å². The monoisotopic (exact) mass is 703 g/mol. The highest BCUT2D eigenvalue weighted by molar-refractivity contribution is 5.96. The first kappa shape index (κ1) is 32.7. The third-order valence-electron chi connectivity index (χ3n) is 11.2. The minimum Gasteiger partial charge on any atom is -0.261 e. The standard InChI is InChI=1S/C52H37N3/c1-34-25-26-41(33-53-34)38-16-10-15-37(30-38)39-27-28-46-45-22-8-9-24-48(45)52(49(46)32-39,42-18-4-3-5-19-42)43-20-11-17-40(31-43)51-54-35(2)29-50(55-51)47-23-12-14-36-13-6-7-21-44(36)47/h3-33H,1-2H3. The van der Waals surface area contributed by atoms with E-state index in [9.17, 15) is 0 Å². The molecule has 0 amide bonds. The smallest absolute Gasteiger partial charge is 0.160 e. The lowest BCUT2D eigenvalue weighted by atomic mass is 9.67. The number of fused-ring (bicyclic) bond motifs is 4. The summed E-state index contributed by atoms with van der Waals surface area (Å²) in [6.45, 7) is 4.08. The molecule has 0 aliphatic heterocycles. The summed E-state index contributed by atoms with van der Waals surface area (Å²) in [6.07, 6.45) is 1.96. The average molecular weight is 704 g/mol. The lowest BCUT2D eigenvalue weighted by molar-refractivity contribution is 0.769. The summed E-state index contributed by atoms with van der Waals surface area (Å²) in [4.78, 5) is 14.9. The van der Waals surface area contributed by atoms with Gasteiger partial charge in [-0.1, -0.05) is 152 Å². The van der Waals surface area contributed by atoms with Crippen molar-refractivity contribution in [2.24, 2.45) is 0 Å². The molecule has 0 saturated carbocycles. The first-order valence-corrected chi connectivity index (χ1v) is 18.8. The molecule has 2 aromatic heterocycles. The molecule has 7 aromatic carbocycles. The van der Waals surface area contributed by atoms with Crippen LogP contribution in [0.2, 0.25) is 0 Å². The van der Waals surface area contributed by atoms with Crippen LogP contribution in [0.5, 0.6) is 0 Å². The molecule has 10 rings (SSSR count). The molecule has 2 heterocycles. The normalized spacial score (nSPS) is 14.4. The SMILES string of the molecule is Cc1ccc(-c2cccc(-c3ccc4c(c3)C(c3ccccc3)(c3cccc(-c5nc(C)cc(-c6cccc7ccccc67)n5)c3)c3ccccc3-4)c2)cn1. The van der Waals surface area contributed by atoms with E-state index in [1.54, 1.807) is 0 Å². The minimum atomic E-state index is -0.583. The average Bonchev–Trinajstić information content (AvgIpc) is 3.54. The van der Waals surface area contributed by atoms with Gasteiger partial charge in [0.05, 0.1) is 11.1 Å². The van der Waals surface area contributed by atoms with E-state index < -0.39 is 5.41 Å². The summed E-state index contributed by atoms with van der Waals surface area (Å²) in [5.41, 5.74) is 16.4. The van der Waals surface area contributed by atoms with Crippen molar-refractivity contribution < 1.29 is 0 Å². The van der Waals surface area contributed by atoms with Crippen LogP contribution in [0.1, 0.15) is 33.6 Å². The molecule has 0 N–H and O–H groups in total. The van der Waals surface area contributed by atoms with Gasteiger partial charge in [0.2, 0.25) is 0 Å². The molecule has 1 unspecified atom stereocenters. The van der Waals surface area contributed by atoms with Crippen molar-refractivity contribution in [3.8, 4) is 56.0 Å². The van der Waals surface area contributed by atoms with Crippen LogP contribution in [0.3, 0.4) is 0 Å². The fourth-order valence-electron chi connectivity index (χ4n) is 8.63. The number of nitrogens with zero attached hydrogens (tertiary/aromatic N) is 3. The van der Waals surface area contributed by atoms with E-state index in [4.69, 9.17) is 9.97 Å². The van der Waals surface area contributed by atoms with E-state index >= 15 is 0 Å². The molecule has 55 heavy (non-hydrogen) atoms. The van der Waals surface area contributed by atoms with E-state index in [1.165, 1.54) is 55.3 Å². The van der Waals surface area contributed by atoms with Gasteiger partial charge in [-0.15, -0.1) is 0 Å². The zero-order chi connectivity index (χ0) is 36.9. The fraction of sp³-hybridized carbons (Fsp3) is 0.0577. The second kappa shape index (κ2) is 13.2. The third-order valence-corrected chi connectivity index (χ3v) is 11.2. The molecule has 1 aliphatic rings. The van der Waals surface area contributed by atoms with Crippen LogP contribution in [0.15, 0.2) is 188 Å². The van der Waals surface area contributed by atoms with Gasteiger partial charge in [-0.25, -0.2) is 9.97 Å². The molecular weight excluding hydrogens is 667 g/mol. The highest BCUT2D eigenvalue weighted by Crippen LogP contribution is 2.57. The van der Waals surface area contributed by atoms with Gasteiger partial charge in [0, 0.05) is 34.3 Å². The van der Waals surface area contributed by atoms with Gasteiger partial charge in [-0.05, 0) is 105 Å². The summed E-state index contributed by atoms with van der Waals surface area (Å²) in [5, 5.41) is 2.38. The molecule has 260 valence electrons. The summed E-state index contributed by atoms with van der Waals surface area (Å²) in [5.74, 6) is 0.718. The van der Waals surface area contributed by atoms with Gasteiger partial charge in [-0.3, -0.25) is 4.98 Å². The van der Waals surface area contributed by atoms with E-state index in [2.05, 4.69) is 194 Å². The fourth-order valence-corrected chi connectivity index (χ4v) is 8.63. The first-order valence-electron chi connectivity index (χ1n) is 18.8. The Morgan fingerprint density at radius 3 is 1.93 bits per heavy atom. The van der Waals surface area contributed by atoms with Crippen molar-refractivity contribution in [2.75, 3.05) is 0 Å². The molecule has 0 bridgehead atoms. The summed E-state index contributed by atoms with van der Waals surface area (Å²) in [6, 6.07) is 65.8. The maximum Gasteiger partial charge on any atom is 0.160 e. The molecule has 1 aliphatic carbocycles. The number of rotatable bonds is 6. The van der Waals surface area contributed by atoms with Crippen LogP contribution in [-0.2, 0) is 5.41 Å². The quantitative estimate of drug-likeness (QED) is 0.173. The van der Waals surface area contributed by atoms with Gasteiger partial charge in [-0.2, -0.15) is 0 Å². The second-order valence-electron chi connectivity index (χ2n) is 14.5. The Kier molecular flexibility index (Phi) is 7.81. The Hall–Kier alpha value is -6.97.